The van der Waals surface area contributed by atoms with Gasteiger partial charge in [-0.1, -0.05) is 162 Å². The van der Waals surface area contributed by atoms with Crippen molar-refractivity contribution in [1.82, 2.24) is 0 Å². The Bertz CT molecular complexity index is 1490. The van der Waals surface area contributed by atoms with Gasteiger partial charge in [0.25, 0.3) is 0 Å². The molecule has 0 aliphatic rings. The van der Waals surface area contributed by atoms with Gasteiger partial charge in [0.05, 0.1) is 6.61 Å². The molecule has 1 nitrogen and oxygen atoms in total. The third kappa shape index (κ3) is 7.09. The topological polar surface area (TPSA) is 9.23 Å². The second kappa shape index (κ2) is 14.7. The Labute approximate surface area is 246 Å². The van der Waals surface area contributed by atoms with Crippen LogP contribution in [0.1, 0.15) is 76.7 Å². The van der Waals surface area contributed by atoms with Gasteiger partial charge in [-0.05, 0) is 67.9 Å². The van der Waals surface area contributed by atoms with Gasteiger partial charge in [0.2, 0.25) is 0 Å². The fourth-order valence-corrected chi connectivity index (χ4v) is 6.03. The van der Waals surface area contributed by atoms with Gasteiger partial charge >= 0.3 is 0 Å². The molecule has 0 radical (unpaired) electrons. The fourth-order valence-electron chi connectivity index (χ4n) is 6.03. The predicted octanol–water partition coefficient (Wildman–Crippen LogP) is 12.3. The zero-order valence-corrected chi connectivity index (χ0v) is 24.7. The quantitative estimate of drug-likeness (QED) is 0.0947. The largest absolute Gasteiger partial charge is 0.494 e. The molecular weight excluding hydrogens is 496 g/mol. The normalized spacial score (nSPS) is 11.2. The smallest absolute Gasteiger partial charge is 0.119 e. The molecule has 0 saturated carbocycles. The van der Waals surface area contributed by atoms with Gasteiger partial charge in [-0.2, -0.15) is 0 Å². The van der Waals surface area contributed by atoms with Gasteiger partial charge in [-0.25, -0.2) is 0 Å². The first-order valence-electron chi connectivity index (χ1n) is 15.7. The number of fused-ring (bicyclic) bond motifs is 2. The lowest BCUT2D eigenvalue weighted by Gasteiger charge is -2.18. The first-order chi connectivity index (χ1) is 20.3. The van der Waals surface area contributed by atoms with Gasteiger partial charge < -0.3 is 4.74 Å². The van der Waals surface area contributed by atoms with Gasteiger partial charge in [0.1, 0.15) is 5.75 Å². The average Bonchev–Trinajstić information content (AvgIpc) is 3.03. The maximum Gasteiger partial charge on any atom is 0.119 e. The summed E-state index contributed by atoms with van der Waals surface area (Å²) in [4.78, 5) is 0. The molecule has 0 saturated heterocycles. The van der Waals surface area contributed by atoms with Crippen molar-refractivity contribution < 1.29 is 4.74 Å². The number of ether oxygens (including phenoxy) is 1. The molecule has 0 unspecified atom stereocenters. The van der Waals surface area contributed by atoms with Crippen LogP contribution < -0.4 is 4.74 Å². The van der Waals surface area contributed by atoms with E-state index in [1.54, 1.807) is 0 Å². The van der Waals surface area contributed by atoms with E-state index < -0.39 is 0 Å². The second-order valence-electron chi connectivity index (χ2n) is 11.2. The highest BCUT2D eigenvalue weighted by atomic mass is 16.5. The van der Waals surface area contributed by atoms with E-state index >= 15 is 0 Å². The summed E-state index contributed by atoms with van der Waals surface area (Å²) in [6, 6.07) is 35.1. The lowest BCUT2D eigenvalue weighted by atomic mass is 9.86. The van der Waals surface area contributed by atoms with Crippen molar-refractivity contribution in [3.8, 4) is 28.0 Å². The molecule has 0 aliphatic carbocycles. The molecule has 41 heavy (non-hydrogen) atoms. The Morgan fingerprint density at radius 2 is 0.927 bits per heavy atom. The summed E-state index contributed by atoms with van der Waals surface area (Å²) in [6.45, 7) is 6.99. The van der Waals surface area contributed by atoms with Crippen LogP contribution in [0.2, 0.25) is 0 Å². The van der Waals surface area contributed by atoms with Crippen LogP contribution in [0.4, 0.5) is 0 Å². The van der Waals surface area contributed by atoms with Crippen LogP contribution in [-0.4, -0.2) is 6.61 Å². The summed E-state index contributed by atoms with van der Waals surface area (Å²) in [6.07, 6.45) is 15.3. The van der Waals surface area contributed by atoms with Crippen molar-refractivity contribution in [2.75, 3.05) is 6.61 Å². The predicted molar refractivity (Wildman–Crippen MR) is 180 cm³/mol. The zero-order valence-electron chi connectivity index (χ0n) is 24.7. The number of benzene rings is 5. The van der Waals surface area contributed by atoms with Crippen molar-refractivity contribution >= 4 is 27.6 Å². The monoisotopic (exact) mass is 540 g/mol. The minimum atomic E-state index is 0.793. The van der Waals surface area contributed by atoms with E-state index in [9.17, 15) is 0 Å². The van der Waals surface area contributed by atoms with Gasteiger partial charge in [-0.3, -0.25) is 0 Å². The van der Waals surface area contributed by atoms with Crippen LogP contribution in [-0.2, 0) is 0 Å². The minimum absolute atomic E-state index is 0.793. The van der Waals surface area contributed by atoms with E-state index in [1.165, 1.54) is 102 Å². The lowest BCUT2D eigenvalue weighted by Crippen LogP contribution is -1.97. The molecule has 5 aromatic carbocycles. The van der Waals surface area contributed by atoms with Crippen molar-refractivity contribution in [3.63, 3.8) is 0 Å². The van der Waals surface area contributed by atoms with Crippen LogP contribution in [0.3, 0.4) is 0 Å². The van der Waals surface area contributed by atoms with E-state index in [4.69, 9.17) is 4.74 Å². The zero-order chi connectivity index (χ0) is 28.3. The molecule has 5 rings (SSSR count). The summed E-state index contributed by atoms with van der Waals surface area (Å²) in [5.74, 6) is 0.956. The summed E-state index contributed by atoms with van der Waals surface area (Å²) < 4.78 is 6.13. The highest BCUT2D eigenvalue weighted by molar-refractivity contribution is 6.21. The third-order valence-corrected chi connectivity index (χ3v) is 8.28. The third-order valence-electron chi connectivity index (χ3n) is 8.28. The summed E-state index contributed by atoms with van der Waals surface area (Å²) >= 11 is 0. The van der Waals surface area contributed by atoms with Crippen molar-refractivity contribution in [1.29, 1.82) is 0 Å². The van der Waals surface area contributed by atoms with Crippen LogP contribution in [0.25, 0.3) is 49.9 Å². The summed E-state index contributed by atoms with van der Waals surface area (Å²) in [5, 5.41) is 5.09. The number of hydrogen-bond donors (Lipinski definition) is 0. The number of hydrogen-bond acceptors (Lipinski definition) is 1. The Balaban J connectivity index is 1.30. The molecule has 5 aromatic rings. The molecule has 0 aromatic heterocycles. The minimum Gasteiger partial charge on any atom is -0.494 e. The summed E-state index contributed by atoms with van der Waals surface area (Å²) in [5.41, 5.74) is 6.15. The molecule has 0 N–H and O–H groups in total. The highest BCUT2D eigenvalue weighted by Crippen LogP contribution is 2.43. The van der Waals surface area contributed by atoms with Gasteiger partial charge in [0.15, 0.2) is 0 Å². The van der Waals surface area contributed by atoms with E-state index in [0.717, 1.165) is 24.3 Å². The molecule has 0 aliphatic heterocycles. The molecule has 0 amide bonds. The Morgan fingerprint density at radius 1 is 0.512 bits per heavy atom. The SMILES string of the molecule is C=Cc1ccc(-c2c3ccccc3c(-c3ccc(OCCCCCCCCCCCC)cc3)c3ccccc23)cc1. The molecule has 0 atom stereocenters. The van der Waals surface area contributed by atoms with E-state index in [0.29, 0.717) is 0 Å². The van der Waals surface area contributed by atoms with Crippen LogP contribution in [0, 0.1) is 0 Å². The number of unbranched alkanes of at least 4 members (excludes halogenated alkanes) is 9. The first-order valence-corrected chi connectivity index (χ1v) is 15.7. The molecule has 210 valence electrons. The molecule has 0 heterocycles. The Hall–Kier alpha value is -3.84. The van der Waals surface area contributed by atoms with Gasteiger partial charge in [-0.15, -0.1) is 0 Å². The van der Waals surface area contributed by atoms with E-state index in [1.807, 2.05) is 6.08 Å². The van der Waals surface area contributed by atoms with Crippen molar-refractivity contribution in [2.24, 2.45) is 0 Å². The summed E-state index contributed by atoms with van der Waals surface area (Å²) in [7, 11) is 0. The molecule has 1 heteroatoms. The first kappa shape index (κ1) is 28.7. The Morgan fingerprint density at radius 3 is 1.37 bits per heavy atom. The molecular formula is C40H44O. The van der Waals surface area contributed by atoms with E-state index in [2.05, 4.69) is 111 Å². The Kier molecular flexibility index (Phi) is 10.3. The maximum absolute atomic E-state index is 6.13. The van der Waals surface area contributed by atoms with Crippen LogP contribution in [0.5, 0.6) is 5.75 Å². The second-order valence-corrected chi connectivity index (χ2v) is 11.2. The number of rotatable bonds is 15. The standard InChI is InChI=1S/C40H44O/c1-3-5-6-7-8-9-10-11-12-17-30-41-34-28-26-33(27-29-34)40-37-20-15-13-18-35(37)39(36-19-14-16-21-38(36)40)32-24-22-31(4-2)23-25-32/h4,13-16,18-29H,2-3,5-12,17,30H2,1H3. The molecule has 0 bridgehead atoms. The average molecular weight is 541 g/mol. The van der Waals surface area contributed by atoms with Gasteiger partial charge in [0, 0.05) is 0 Å². The van der Waals surface area contributed by atoms with Crippen molar-refractivity contribution in [2.45, 2.75) is 71.1 Å². The lowest BCUT2D eigenvalue weighted by molar-refractivity contribution is 0.304. The highest BCUT2D eigenvalue weighted by Gasteiger charge is 2.16. The maximum atomic E-state index is 6.13. The molecule has 0 spiro atoms. The molecule has 0 fully saturated rings. The fraction of sp³-hybridized carbons (Fsp3) is 0.300. The van der Waals surface area contributed by atoms with Crippen molar-refractivity contribution in [3.05, 3.63) is 109 Å². The van der Waals surface area contributed by atoms with Crippen LogP contribution in [0.15, 0.2) is 104 Å². The van der Waals surface area contributed by atoms with E-state index in [-0.39, 0.29) is 0 Å². The van der Waals surface area contributed by atoms with Crippen LogP contribution >= 0.6 is 0 Å².